The highest BCUT2D eigenvalue weighted by Crippen LogP contribution is 2.31. The molecule has 0 spiro atoms. The highest BCUT2D eigenvalue weighted by atomic mass is 35.5. The minimum absolute atomic E-state index is 0.170. The summed E-state index contributed by atoms with van der Waals surface area (Å²) in [6.07, 6.45) is 1.63. The monoisotopic (exact) mass is 441 g/mol. The summed E-state index contributed by atoms with van der Waals surface area (Å²) in [5, 5.41) is 6.27. The fourth-order valence-corrected chi connectivity index (χ4v) is 4.79. The van der Waals surface area contributed by atoms with E-state index in [0.717, 1.165) is 15.4 Å². The molecule has 1 N–H and O–H groups in total. The molecule has 8 heteroatoms. The fraction of sp³-hybridized carbons (Fsp3) is 0.0952. The number of rotatable bonds is 5. The second-order valence-corrected chi connectivity index (χ2v) is 8.69. The number of halogens is 1. The maximum atomic E-state index is 12.8. The third-order valence-electron chi connectivity index (χ3n) is 4.27. The second-order valence-electron chi connectivity index (χ2n) is 6.34. The van der Waals surface area contributed by atoms with Crippen LogP contribution in [0.4, 0.5) is 5.69 Å². The number of hydrogen-bond acceptors (Lipinski definition) is 5. The molecular formula is C21H16ClN3O2S2. The number of thiophene rings is 1. The van der Waals surface area contributed by atoms with Crippen molar-refractivity contribution < 1.29 is 4.79 Å². The van der Waals surface area contributed by atoms with Crippen LogP contribution in [-0.2, 0) is 6.54 Å². The Labute approximate surface area is 180 Å². The highest BCUT2D eigenvalue weighted by Gasteiger charge is 2.17. The maximum absolute atomic E-state index is 12.8. The molecule has 3 aromatic heterocycles. The van der Waals surface area contributed by atoms with Gasteiger partial charge in [-0.3, -0.25) is 9.59 Å². The molecule has 0 radical (unpaired) electrons. The summed E-state index contributed by atoms with van der Waals surface area (Å²) in [5.41, 5.74) is 1.88. The molecule has 1 amide bonds. The SMILES string of the molecule is Cc1nc(-c2cccs2)sc1C(=O)Nc1ccc(=O)n(Cc2ccccc2Cl)c1. The van der Waals surface area contributed by atoms with E-state index in [2.05, 4.69) is 10.3 Å². The number of carbonyl (C=O) groups is 1. The topological polar surface area (TPSA) is 64.0 Å². The molecule has 0 unspecified atom stereocenters. The van der Waals surface area contributed by atoms with Crippen molar-refractivity contribution in [3.8, 4) is 9.88 Å². The number of benzene rings is 1. The number of aromatic nitrogens is 2. The van der Waals surface area contributed by atoms with Crippen LogP contribution >= 0.6 is 34.3 Å². The lowest BCUT2D eigenvalue weighted by Crippen LogP contribution is -2.21. The number of carbonyl (C=O) groups excluding carboxylic acids is 1. The molecule has 0 atom stereocenters. The standard InChI is InChI=1S/C21H16ClN3O2S2/c1-13-19(29-21(23-13)17-7-4-10-28-17)20(27)24-15-8-9-18(26)25(12-15)11-14-5-2-3-6-16(14)22/h2-10,12H,11H2,1H3,(H,24,27). The minimum Gasteiger partial charge on any atom is -0.320 e. The molecule has 4 aromatic rings. The minimum atomic E-state index is -0.245. The first kappa shape index (κ1) is 19.6. The molecule has 0 aliphatic rings. The van der Waals surface area contributed by atoms with Gasteiger partial charge in [-0.05, 0) is 36.1 Å². The summed E-state index contributed by atoms with van der Waals surface area (Å²) in [7, 11) is 0. The third kappa shape index (κ3) is 4.32. The van der Waals surface area contributed by atoms with Gasteiger partial charge in [-0.1, -0.05) is 35.9 Å². The predicted molar refractivity (Wildman–Crippen MR) is 119 cm³/mol. The first-order valence-electron chi connectivity index (χ1n) is 8.78. The van der Waals surface area contributed by atoms with Crippen molar-refractivity contribution in [1.82, 2.24) is 9.55 Å². The van der Waals surface area contributed by atoms with Gasteiger partial charge in [-0.25, -0.2) is 4.98 Å². The number of amides is 1. The van der Waals surface area contributed by atoms with Gasteiger partial charge in [0.15, 0.2) is 0 Å². The van der Waals surface area contributed by atoms with Crippen molar-refractivity contribution in [2.24, 2.45) is 0 Å². The van der Waals surface area contributed by atoms with Gasteiger partial charge in [0.25, 0.3) is 11.5 Å². The summed E-state index contributed by atoms with van der Waals surface area (Å²) >= 11 is 9.15. The second kappa shape index (κ2) is 8.32. The van der Waals surface area contributed by atoms with Crippen LogP contribution in [0.1, 0.15) is 20.9 Å². The summed E-state index contributed by atoms with van der Waals surface area (Å²) < 4.78 is 1.52. The van der Waals surface area contributed by atoms with Crippen LogP contribution in [0.2, 0.25) is 5.02 Å². The number of pyridine rings is 1. The smallest absolute Gasteiger partial charge is 0.267 e. The number of thiazole rings is 1. The van der Waals surface area contributed by atoms with Crippen LogP contribution in [0.3, 0.4) is 0 Å². The molecule has 0 aliphatic carbocycles. The van der Waals surface area contributed by atoms with Crippen molar-refractivity contribution in [2.45, 2.75) is 13.5 Å². The van der Waals surface area contributed by atoms with Crippen LogP contribution in [-0.4, -0.2) is 15.5 Å². The van der Waals surface area contributed by atoms with Crippen LogP contribution in [0.25, 0.3) is 9.88 Å². The first-order valence-corrected chi connectivity index (χ1v) is 10.9. The van der Waals surface area contributed by atoms with Crippen molar-refractivity contribution in [2.75, 3.05) is 5.32 Å². The van der Waals surface area contributed by atoms with Crippen LogP contribution in [0.5, 0.6) is 0 Å². The Morgan fingerprint density at radius 3 is 2.76 bits per heavy atom. The van der Waals surface area contributed by atoms with Gasteiger partial charge < -0.3 is 9.88 Å². The fourth-order valence-electron chi connectivity index (χ4n) is 2.84. The van der Waals surface area contributed by atoms with Gasteiger partial charge in [0.1, 0.15) is 9.88 Å². The molecule has 1 aromatic carbocycles. The molecule has 0 saturated carbocycles. The Hall–Kier alpha value is -2.74. The molecule has 29 heavy (non-hydrogen) atoms. The number of anilines is 1. The molecule has 0 saturated heterocycles. The van der Waals surface area contributed by atoms with Crippen molar-refractivity contribution >= 4 is 45.9 Å². The highest BCUT2D eigenvalue weighted by molar-refractivity contribution is 7.22. The van der Waals surface area contributed by atoms with Gasteiger partial charge in [0.2, 0.25) is 0 Å². The number of nitrogens with zero attached hydrogens (tertiary/aromatic N) is 2. The van der Waals surface area contributed by atoms with Gasteiger partial charge in [-0.15, -0.1) is 22.7 Å². The zero-order valence-electron chi connectivity index (χ0n) is 15.4. The molecule has 146 valence electrons. The van der Waals surface area contributed by atoms with Crippen LogP contribution in [0, 0.1) is 6.92 Å². The lowest BCUT2D eigenvalue weighted by Gasteiger charge is -2.10. The molecule has 0 fully saturated rings. The van der Waals surface area contributed by atoms with Crippen LogP contribution < -0.4 is 10.9 Å². The summed E-state index contributed by atoms with van der Waals surface area (Å²) in [4.78, 5) is 31.1. The third-order valence-corrected chi connectivity index (χ3v) is 6.84. The summed E-state index contributed by atoms with van der Waals surface area (Å²) in [5.74, 6) is -0.245. The zero-order valence-corrected chi connectivity index (χ0v) is 17.8. The Bertz CT molecular complexity index is 1230. The Kier molecular flexibility index (Phi) is 5.62. The van der Waals surface area contributed by atoms with Gasteiger partial charge in [0.05, 0.1) is 22.8 Å². The van der Waals surface area contributed by atoms with E-state index in [1.54, 1.807) is 29.7 Å². The van der Waals surface area contributed by atoms with E-state index in [1.807, 2.05) is 42.6 Å². The van der Waals surface area contributed by atoms with Crippen LogP contribution in [0.15, 0.2) is 64.9 Å². The number of aryl methyl sites for hydroxylation is 1. The Balaban J connectivity index is 1.56. The van der Waals surface area contributed by atoms with Gasteiger partial charge >= 0.3 is 0 Å². The number of hydrogen-bond donors (Lipinski definition) is 1. The van der Waals surface area contributed by atoms with E-state index >= 15 is 0 Å². The van der Waals surface area contributed by atoms with E-state index < -0.39 is 0 Å². The van der Waals surface area contributed by atoms with Gasteiger partial charge in [-0.2, -0.15) is 0 Å². The first-order chi connectivity index (χ1) is 14.0. The van der Waals surface area contributed by atoms with Crippen molar-refractivity contribution in [3.05, 3.63) is 91.6 Å². The van der Waals surface area contributed by atoms with Crippen molar-refractivity contribution in [3.63, 3.8) is 0 Å². The summed E-state index contributed by atoms with van der Waals surface area (Å²) in [6, 6.07) is 14.3. The summed E-state index contributed by atoms with van der Waals surface area (Å²) in [6.45, 7) is 2.14. The molecule has 0 aliphatic heterocycles. The van der Waals surface area contributed by atoms with E-state index in [-0.39, 0.29) is 11.5 Å². The number of nitrogens with one attached hydrogen (secondary N) is 1. The Morgan fingerprint density at radius 2 is 2.00 bits per heavy atom. The lowest BCUT2D eigenvalue weighted by atomic mass is 10.2. The Morgan fingerprint density at radius 1 is 1.17 bits per heavy atom. The van der Waals surface area contributed by atoms with E-state index in [1.165, 1.54) is 22.0 Å². The quantitative estimate of drug-likeness (QED) is 0.457. The average Bonchev–Trinajstić information content (AvgIpc) is 3.36. The molecule has 4 rings (SSSR count). The normalized spacial score (nSPS) is 10.8. The van der Waals surface area contributed by atoms with E-state index in [4.69, 9.17) is 11.6 Å². The average molecular weight is 442 g/mol. The predicted octanol–water partition coefficient (Wildman–Crippen LogP) is 5.30. The lowest BCUT2D eigenvalue weighted by molar-refractivity contribution is 0.102. The van der Waals surface area contributed by atoms with Gasteiger partial charge in [0, 0.05) is 17.3 Å². The molecule has 5 nitrogen and oxygen atoms in total. The molecule has 0 bridgehead atoms. The zero-order chi connectivity index (χ0) is 20.4. The van der Waals surface area contributed by atoms with E-state index in [9.17, 15) is 9.59 Å². The van der Waals surface area contributed by atoms with E-state index in [0.29, 0.717) is 27.8 Å². The largest absolute Gasteiger partial charge is 0.320 e. The molecular weight excluding hydrogens is 426 g/mol. The van der Waals surface area contributed by atoms with Crippen molar-refractivity contribution in [1.29, 1.82) is 0 Å². The maximum Gasteiger partial charge on any atom is 0.267 e. The molecule has 3 heterocycles.